The van der Waals surface area contributed by atoms with Crippen molar-refractivity contribution in [2.75, 3.05) is 18.0 Å². The van der Waals surface area contributed by atoms with Crippen molar-refractivity contribution in [3.63, 3.8) is 0 Å². The minimum absolute atomic E-state index is 0. The molecular formula is C23H26ClN5O2. The lowest BCUT2D eigenvalue weighted by atomic mass is 10.1. The van der Waals surface area contributed by atoms with Gasteiger partial charge in [-0.15, -0.1) is 12.4 Å². The topological polar surface area (TPSA) is 80.1 Å². The highest BCUT2D eigenvalue weighted by Crippen LogP contribution is 2.22. The van der Waals surface area contributed by atoms with Crippen LogP contribution >= 0.6 is 12.4 Å². The van der Waals surface area contributed by atoms with Crippen LogP contribution in [0.25, 0.3) is 11.0 Å². The number of fused-ring (bicyclic) bond motifs is 2. The molecule has 0 saturated carbocycles. The van der Waals surface area contributed by atoms with Gasteiger partial charge in [0.2, 0.25) is 11.4 Å². The summed E-state index contributed by atoms with van der Waals surface area (Å²) < 4.78 is 1.87. The fourth-order valence-corrected chi connectivity index (χ4v) is 4.56. The van der Waals surface area contributed by atoms with Gasteiger partial charge in [0.25, 0.3) is 5.91 Å². The number of benzene rings is 1. The van der Waals surface area contributed by atoms with E-state index in [4.69, 9.17) is 0 Å². The molecule has 0 unspecified atom stereocenters. The van der Waals surface area contributed by atoms with Gasteiger partial charge in [-0.1, -0.05) is 24.3 Å². The zero-order valence-electron chi connectivity index (χ0n) is 17.5. The lowest BCUT2D eigenvalue weighted by Gasteiger charge is -2.17. The second-order valence-electron chi connectivity index (χ2n) is 8.11. The highest BCUT2D eigenvalue weighted by molar-refractivity contribution is 5.97. The van der Waals surface area contributed by atoms with Crippen LogP contribution in [0.1, 0.15) is 41.3 Å². The number of hydrogen-bond acceptors (Lipinski definition) is 5. The third-order valence-electron chi connectivity index (χ3n) is 6.16. The van der Waals surface area contributed by atoms with Gasteiger partial charge in [0, 0.05) is 38.1 Å². The van der Waals surface area contributed by atoms with Crippen LogP contribution in [0.5, 0.6) is 0 Å². The predicted molar refractivity (Wildman–Crippen MR) is 123 cm³/mol. The minimum atomic E-state index is -0.328. The number of aryl methyl sites for hydroxylation is 1. The average Bonchev–Trinajstić information content (AvgIpc) is 3.43. The van der Waals surface area contributed by atoms with E-state index in [9.17, 15) is 9.59 Å². The number of halogens is 1. The van der Waals surface area contributed by atoms with Gasteiger partial charge in [0.15, 0.2) is 0 Å². The number of carbonyl (C=O) groups is 1. The van der Waals surface area contributed by atoms with E-state index in [0.717, 1.165) is 38.8 Å². The van der Waals surface area contributed by atoms with E-state index < -0.39 is 0 Å². The first kappa shape index (κ1) is 21.3. The highest BCUT2D eigenvalue weighted by Gasteiger charge is 2.25. The molecule has 1 aliphatic heterocycles. The van der Waals surface area contributed by atoms with Crippen LogP contribution in [0.3, 0.4) is 0 Å². The summed E-state index contributed by atoms with van der Waals surface area (Å²) in [7, 11) is 0. The van der Waals surface area contributed by atoms with Crippen molar-refractivity contribution in [1.82, 2.24) is 19.9 Å². The number of carbonyl (C=O) groups excluding carboxylic acids is 1. The van der Waals surface area contributed by atoms with Crippen LogP contribution in [0.4, 0.5) is 5.95 Å². The summed E-state index contributed by atoms with van der Waals surface area (Å²) >= 11 is 0. The maximum Gasteiger partial charge on any atom is 0.257 e. The van der Waals surface area contributed by atoms with Gasteiger partial charge >= 0.3 is 0 Å². The van der Waals surface area contributed by atoms with Gasteiger partial charge in [-0.2, -0.15) is 4.98 Å². The SMILES string of the molecule is CCn1cc(C(=O)NC2Cc3ccccc3C2)c(=O)c2cnc(N3CCCC3)nc21.Cl. The second kappa shape index (κ2) is 8.67. The Hall–Kier alpha value is -2.93. The molecule has 162 valence electrons. The van der Waals surface area contributed by atoms with Crippen molar-refractivity contribution in [3.8, 4) is 0 Å². The molecule has 5 rings (SSSR count). The van der Waals surface area contributed by atoms with Crippen molar-refractivity contribution in [2.45, 2.75) is 45.2 Å². The van der Waals surface area contributed by atoms with E-state index in [1.54, 1.807) is 12.4 Å². The van der Waals surface area contributed by atoms with Crippen LogP contribution in [0, 0.1) is 0 Å². The number of nitrogens with one attached hydrogen (secondary N) is 1. The highest BCUT2D eigenvalue weighted by atomic mass is 35.5. The Labute approximate surface area is 186 Å². The molecule has 1 aliphatic carbocycles. The molecule has 3 heterocycles. The largest absolute Gasteiger partial charge is 0.348 e. The van der Waals surface area contributed by atoms with Gasteiger partial charge in [-0.05, 0) is 43.7 Å². The van der Waals surface area contributed by atoms with Crippen molar-refractivity contribution < 1.29 is 4.79 Å². The summed E-state index contributed by atoms with van der Waals surface area (Å²) in [5.41, 5.74) is 2.95. The molecule has 2 aliphatic rings. The summed E-state index contributed by atoms with van der Waals surface area (Å²) in [5, 5.41) is 3.44. The standard InChI is InChI=1S/C23H25N5O2.ClH/c1-2-27-14-19(22(30)25-17-11-15-7-3-4-8-16(15)12-17)20(29)18-13-24-23(26-21(18)27)28-9-5-6-10-28;/h3-4,7-8,13-14,17H,2,5-6,9-12H2,1H3,(H,25,30);1H. The Balaban J connectivity index is 0.00000231. The number of pyridine rings is 1. The third-order valence-corrected chi connectivity index (χ3v) is 6.16. The predicted octanol–water partition coefficient (Wildman–Crippen LogP) is 2.73. The molecule has 0 bridgehead atoms. The van der Waals surface area contributed by atoms with Crippen molar-refractivity contribution in [3.05, 3.63) is 63.6 Å². The maximum atomic E-state index is 13.1. The fraction of sp³-hybridized carbons (Fsp3) is 0.391. The van der Waals surface area contributed by atoms with E-state index >= 15 is 0 Å². The molecule has 1 N–H and O–H groups in total. The molecule has 1 amide bonds. The normalized spacial score (nSPS) is 15.7. The number of aromatic nitrogens is 3. The molecule has 3 aromatic rings. The number of amides is 1. The molecule has 0 atom stereocenters. The first-order chi connectivity index (χ1) is 14.6. The molecular weight excluding hydrogens is 414 g/mol. The first-order valence-electron chi connectivity index (χ1n) is 10.7. The summed E-state index contributed by atoms with van der Waals surface area (Å²) in [6.45, 7) is 4.47. The van der Waals surface area contributed by atoms with E-state index in [-0.39, 0.29) is 35.3 Å². The minimum Gasteiger partial charge on any atom is -0.348 e. The van der Waals surface area contributed by atoms with Crippen molar-refractivity contribution in [2.24, 2.45) is 0 Å². The number of hydrogen-bond donors (Lipinski definition) is 1. The van der Waals surface area contributed by atoms with Gasteiger partial charge in [-0.25, -0.2) is 4.98 Å². The van der Waals surface area contributed by atoms with E-state index in [1.807, 2.05) is 23.6 Å². The lowest BCUT2D eigenvalue weighted by Crippen LogP contribution is -2.38. The van der Waals surface area contributed by atoms with E-state index in [2.05, 4.69) is 32.3 Å². The quantitative estimate of drug-likeness (QED) is 0.676. The van der Waals surface area contributed by atoms with Gasteiger partial charge < -0.3 is 14.8 Å². The van der Waals surface area contributed by atoms with Crippen LogP contribution in [-0.2, 0) is 19.4 Å². The fourth-order valence-electron chi connectivity index (χ4n) is 4.56. The molecule has 1 aromatic carbocycles. The Morgan fingerprint density at radius 3 is 2.48 bits per heavy atom. The van der Waals surface area contributed by atoms with Gasteiger partial charge in [0.1, 0.15) is 11.2 Å². The number of nitrogens with zero attached hydrogens (tertiary/aromatic N) is 4. The zero-order valence-corrected chi connectivity index (χ0v) is 18.3. The second-order valence-corrected chi connectivity index (χ2v) is 8.11. The first-order valence-corrected chi connectivity index (χ1v) is 10.7. The molecule has 2 aromatic heterocycles. The lowest BCUT2D eigenvalue weighted by molar-refractivity contribution is 0.0937. The molecule has 8 heteroatoms. The summed E-state index contributed by atoms with van der Waals surface area (Å²) in [6, 6.07) is 8.23. The molecule has 7 nitrogen and oxygen atoms in total. The molecule has 1 fully saturated rings. The Morgan fingerprint density at radius 1 is 1.16 bits per heavy atom. The van der Waals surface area contributed by atoms with Crippen LogP contribution in [0.2, 0.25) is 0 Å². The van der Waals surface area contributed by atoms with Gasteiger partial charge in [-0.3, -0.25) is 9.59 Å². The maximum absolute atomic E-state index is 13.1. The average molecular weight is 440 g/mol. The smallest absolute Gasteiger partial charge is 0.257 e. The van der Waals surface area contributed by atoms with E-state index in [0.29, 0.717) is 23.5 Å². The monoisotopic (exact) mass is 439 g/mol. The van der Waals surface area contributed by atoms with Crippen LogP contribution in [0.15, 0.2) is 41.5 Å². The zero-order chi connectivity index (χ0) is 20.7. The molecule has 0 spiro atoms. The van der Waals surface area contributed by atoms with Gasteiger partial charge in [0.05, 0.1) is 5.39 Å². The van der Waals surface area contributed by atoms with Crippen molar-refractivity contribution in [1.29, 1.82) is 0 Å². The number of anilines is 1. The summed E-state index contributed by atoms with van der Waals surface area (Å²) in [5.74, 6) is 0.327. The van der Waals surface area contributed by atoms with E-state index in [1.165, 1.54) is 11.1 Å². The Bertz CT molecular complexity index is 1160. The molecule has 1 saturated heterocycles. The summed E-state index contributed by atoms with van der Waals surface area (Å²) in [4.78, 5) is 37.3. The van der Waals surface area contributed by atoms with Crippen molar-refractivity contribution >= 4 is 35.3 Å². The Kier molecular flexibility index (Phi) is 5.96. The van der Waals surface area contributed by atoms with Crippen LogP contribution in [-0.4, -0.2) is 39.6 Å². The number of rotatable bonds is 4. The van der Waals surface area contributed by atoms with Crippen LogP contribution < -0.4 is 15.6 Å². The Morgan fingerprint density at radius 2 is 1.84 bits per heavy atom. The third kappa shape index (κ3) is 3.90. The molecule has 31 heavy (non-hydrogen) atoms. The molecule has 0 radical (unpaired) electrons. The summed E-state index contributed by atoms with van der Waals surface area (Å²) in [6.07, 6.45) is 7.06.